The number of ether oxygens (including phenoxy) is 3. The standard InChI is InChI=1S/C22H21BrClNO3/c1-26-19-9-7-18(8-10-19)25-13-16-11-21(27-2)22(12-20(16)23)28-14-15-3-5-17(24)6-4-15/h3-12,25H,13-14H2,1-2H3. The Morgan fingerprint density at radius 1 is 0.893 bits per heavy atom. The van der Waals surface area contributed by atoms with Gasteiger partial charge in [0.2, 0.25) is 0 Å². The Balaban J connectivity index is 1.68. The minimum Gasteiger partial charge on any atom is -0.497 e. The van der Waals surface area contributed by atoms with Crippen molar-refractivity contribution in [3.05, 3.63) is 81.3 Å². The van der Waals surface area contributed by atoms with Gasteiger partial charge in [-0.1, -0.05) is 39.7 Å². The maximum absolute atomic E-state index is 5.95. The lowest BCUT2D eigenvalue weighted by molar-refractivity contribution is 0.284. The Labute approximate surface area is 178 Å². The second-order valence-corrected chi connectivity index (χ2v) is 7.38. The van der Waals surface area contributed by atoms with Crippen LogP contribution in [0, 0.1) is 0 Å². The van der Waals surface area contributed by atoms with Gasteiger partial charge in [0.05, 0.1) is 14.2 Å². The van der Waals surface area contributed by atoms with Crippen LogP contribution in [0.1, 0.15) is 11.1 Å². The smallest absolute Gasteiger partial charge is 0.162 e. The van der Waals surface area contributed by atoms with Gasteiger partial charge in [0.1, 0.15) is 12.4 Å². The molecule has 0 atom stereocenters. The van der Waals surface area contributed by atoms with Crippen LogP contribution >= 0.6 is 27.5 Å². The summed E-state index contributed by atoms with van der Waals surface area (Å²) in [5, 5.41) is 4.10. The lowest BCUT2D eigenvalue weighted by Crippen LogP contribution is -2.03. The molecule has 3 aromatic carbocycles. The summed E-state index contributed by atoms with van der Waals surface area (Å²) in [7, 11) is 3.29. The van der Waals surface area contributed by atoms with Crippen LogP contribution in [0.15, 0.2) is 65.1 Å². The van der Waals surface area contributed by atoms with Gasteiger partial charge >= 0.3 is 0 Å². The molecule has 0 spiro atoms. The fourth-order valence-electron chi connectivity index (χ4n) is 2.63. The van der Waals surface area contributed by atoms with E-state index >= 15 is 0 Å². The molecule has 3 aromatic rings. The molecule has 4 nitrogen and oxygen atoms in total. The lowest BCUT2D eigenvalue weighted by Gasteiger charge is -2.15. The number of anilines is 1. The van der Waals surface area contributed by atoms with Crippen LogP contribution < -0.4 is 19.5 Å². The molecule has 0 fully saturated rings. The van der Waals surface area contributed by atoms with E-state index < -0.39 is 0 Å². The molecule has 3 rings (SSSR count). The number of benzene rings is 3. The van der Waals surface area contributed by atoms with E-state index in [2.05, 4.69) is 21.2 Å². The van der Waals surface area contributed by atoms with E-state index in [9.17, 15) is 0 Å². The number of methoxy groups -OCH3 is 2. The van der Waals surface area contributed by atoms with Gasteiger partial charge < -0.3 is 19.5 Å². The Morgan fingerprint density at radius 2 is 1.61 bits per heavy atom. The fourth-order valence-corrected chi connectivity index (χ4v) is 3.22. The summed E-state index contributed by atoms with van der Waals surface area (Å²) in [5.74, 6) is 2.19. The van der Waals surface area contributed by atoms with E-state index in [0.717, 1.165) is 27.0 Å². The summed E-state index contributed by atoms with van der Waals surface area (Å²) >= 11 is 9.55. The summed E-state index contributed by atoms with van der Waals surface area (Å²) in [6.45, 7) is 1.07. The zero-order chi connectivity index (χ0) is 19.9. The van der Waals surface area contributed by atoms with Crippen LogP contribution in [0.3, 0.4) is 0 Å². The van der Waals surface area contributed by atoms with E-state index in [0.29, 0.717) is 29.7 Å². The van der Waals surface area contributed by atoms with Crippen LogP contribution in [-0.2, 0) is 13.2 Å². The maximum atomic E-state index is 5.95. The van der Waals surface area contributed by atoms with Crippen molar-refractivity contribution >= 4 is 33.2 Å². The highest BCUT2D eigenvalue weighted by Gasteiger charge is 2.11. The van der Waals surface area contributed by atoms with Crippen molar-refractivity contribution in [1.82, 2.24) is 0 Å². The molecule has 0 amide bonds. The van der Waals surface area contributed by atoms with Crippen molar-refractivity contribution in [3.8, 4) is 17.2 Å². The molecule has 0 heterocycles. The van der Waals surface area contributed by atoms with Crippen molar-refractivity contribution in [2.75, 3.05) is 19.5 Å². The topological polar surface area (TPSA) is 39.7 Å². The zero-order valence-electron chi connectivity index (χ0n) is 15.7. The Bertz CT molecular complexity index is 914. The number of hydrogen-bond donors (Lipinski definition) is 1. The zero-order valence-corrected chi connectivity index (χ0v) is 18.0. The van der Waals surface area contributed by atoms with Gasteiger partial charge in [0.25, 0.3) is 0 Å². The van der Waals surface area contributed by atoms with Crippen LogP contribution in [0.2, 0.25) is 5.02 Å². The highest BCUT2D eigenvalue weighted by molar-refractivity contribution is 9.10. The number of nitrogens with one attached hydrogen (secondary N) is 1. The summed E-state index contributed by atoms with van der Waals surface area (Å²) in [6.07, 6.45) is 0. The Hall–Kier alpha value is -2.37. The summed E-state index contributed by atoms with van der Waals surface area (Å²) in [6, 6.07) is 19.3. The van der Waals surface area contributed by atoms with Crippen molar-refractivity contribution in [2.24, 2.45) is 0 Å². The number of hydrogen-bond acceptors (Lipinski definition) is 4. The average Bonchev–Trinajstić information content (AvgIpc) is 2.73. The molecule has 146 valence electrons. The van der Waals surface area contributed by atoms with Crippen LogP contribution in [0.25, 0.3) is 0 Å². The molecule has 0 aliphatic rings. The summed E-state index contributed by atoms with van der Waals surface area (Å²) in [5.41, 5.74) is 3.11. The molecular formula is C22H21BrClNO3. The third kappa shape index (κ3) is 5.33. The number of halogens is 2. The first-order valence-electron chi connectivity index (χ1n) is 8.70. The van der Waals surface area contributed by atoms with E-state index in [1.165, 1.54) is 0 Å². The van der Waals surface area contributed by atoms with Crippen molar-refractivity contribution in [1.29, 1.82) is 0 Å². The van der Waals surface area contributed by atoms with Crippen molar-refractivity contribution in [2.45, 2.75) is 13.2 Å². The molecule has 0 saturated heterocycles. The van der Waals surface area contributed by atoms with Gasteiger partial charge in [0, 0.05) is 21.7 Å². The molecule has 0 aliphatic carbocycles. The minimum absolute atomic E-state index is 0.434. The molecule has 0 aromatic heterocycles. The molecule has 0 aliphatic heterocycles. The molecule has 0 saturated carbocycles. The minimum atomic E-state index is 0.434. The van der Waals surface area contributed by atoms with Gasteiger partial charge in [-0.2, -0.15) is 0 Å². The third-order valence-corrected chi connectivity index (χ3v) is 5.20. The van der Waals surface area contributed by atoms with Crippen molar-refractivity contribution < 1.29 is 14.2 Å². The monoisotopic (exact) mass is 461 g/mol. The maximum Gasteiger partial charge on any atom is 0.162 e. The van der Waals surface area contributed by atoms with E-state index in [1.54, 1.807) is 14.2 Å². The van der Waals surface area contributed by atoms with Gasteiger partial charge in [0.15, 0.2) is 11.5 Å². The molecule has 6 heteroatoms. The first-order chi connectivity index (χ1) is 13.6. The quantitative estimate of drug-likeness (QED) is 0.426. The van der Waals surface area contributed by atoms with Gasteiger partial charge in [-0.3, -0.25) is 0 Å². The van der Waals surface area contributed by atoms with E-state index in [4.69, 9.17) is 25.8 Å². The normalized spacial score (nSPS) is 10.4. The second-order valence-electron chi connectivity index (χ2n) is 6.09. The van der Waals surface area contributed by atoms with E-state index in [1.807, 2.05) is 60.7 Å². The first kappa shape index (κ1) is 20.4. The molecule has 0 bridgehead atoms. The Kier molecular flexibility index (Phi) is 7.06. The SMILES string of the molecule is COc1ccc(NCc2cc(OC)c(OCc3ccc(Cl)cc3)cc2Br)cc1. The molecule has 0 radical (unpaired) electrons. The molecule has 1 N–H and O–H groups in total. The predicted octanol–water partition coefficient (Wildman–Crippen LogP) is 6.31. The lowest BCUT2D eigenvalue weighted by atomic mass is 10.2. The largest absolute Gasteiger partial charge is 0.497 e. The molecular weight excluding hydrogens is 442 g/mol. The Morgan fingerprint density at radius 3 is 2.25 bits per heavy atom. The third-order valence-electron chi connectivity index (χ3n) is 4.21. The van der Waals surface area contributed by atoms with Gasteiger partial charge in [-0.05, 0) is 59.7 Å². The predicted molar refractivity (Wildman–Crippen MR) is 117 cm³/mol. The first-order valence-corrected chi connectivity index (χ1v) is 9.87. The van der Waals surface area contributed by atoms with Crippen LogP contribution in [0.4, 0.5) is 5.69 Å². The van der Waals surface area contributed by atoms with Crippen LogP contribution in [-0.4, -0.2) is 14.2 Å². The summed E-state index contributed by atoms with van der Waals surface area (Å²) < 4.78 is 17.6. The van der Waals surface area contributed by atoms with E-state index in [-0.39, 0.29) is 0 Å². The average molecular weight is 463 g/mol. The highest BCUT2D eigenvalue weighted by Crippen LogP contribution is 2.34. The van der Waals surface area contributed by atoms with Crippen LogP contribution in [0.5, 0.6) is 17.2 Å². The van der Waals surface area contributed by atoms with Gasteiger partial charge in [-0.25, -0.2) is 0 Å². The van der Waals surface area contributed by atoms with Crippen molar-refractivity contribution in [3.63, 3.8) is 0 Å². The highest BCUT2D eigenvalue weighted by atomic mass is 79.9. The summed E-state index contributed by atoms with van der Waals surface area (Å²) in [4.78, 5) is 0. The fraction of sp³-hybridized carbons (Fsp3) is 0.182. The van der Waals surface area contributed by atoms with Gasteiger partial charge in [-0.15, -0.1) is 0 Å². The number of rotatable bonds is 8. The molecule has 0 unspecified atom stereocenters. The molecule has 28 heavy (non-hydrogen) atoms. The second kappa shape index (κ2) is 9.71.